The number of aryl methyl sites for hydroxylation is 2. The molecule has 0 aliphatic heterocycles. The zero-order valence-corrected chi connectivity index (χ0v) is 11.5. The smallest absolute Gasteiger partial charge is 0.138 e. The maximum absolute atomic E-state index is 11.1. The number of hydrogen-bond donors (Lipinski definition) is 1. The van der Waals surface area contributed by atoms with Crippen molar-refractivity contribution in [1.29, 1.82) is 0 Å². The van der Waals surface area contributed by atoms with Crippen LogP contribution in [0.15, 0.2) is 12.1 Å². The van der Waals surface area contributed by atoms with Gasteiger partial charge in [0, 0.05) is 23.0 Å². The van der Waals surface area contributed by atoms with Gasteiger partial charge in [0.05, 0.1) is 12.1 Å². The summed E-state index contributed by atoms with van der Waals surface area (Å²) in [4.78, 5) is 14.4. The van der Waals surface area contributed by atoms with Crippen molar-refractivity contribution < 1.29 is 9.53 Å². The van der Waals surface area contributed by atoms with Crippen LogP contribution in [0.3, 0.4) is 0 Å². The molecular formula is C14H16ClNO2. The van der Waals surface area contributed by atoms with E-state index in [9.17, 15) is 4.79 Å². The predicted octanol–water partition coefficient (Wildman–Crippen LogP) is 3.66. The van der Waals surface area contributed by atoms with E-state index in [1.165, 1.54) is 0 Å². The first-order chi connectivity index (χ1) is 8.52. The summed E-state index contributed by atoms with van der Waals surface area (Å²) in [6.07, 6.45) is 1.30. The van der Waals surface area contributed by atoms with Gasteiger partial charge in [0.2, 0.25) is 0 Å². The lowest BCUT2D eigenvalue weighted by Gasteiger charge is -2.04. The maximum Gasteiger partial charge on any atom is 0.138 e. The molecule has 0 bridgehead atoms. The Morgan fingerprint density at radius 1 is 1.44 bits per heavy atom. The summed E-state index contributed by atoms with van der Waals surface area (Å²) in [6.45, 7) is 3.62. The molecule has 1 N–H and O–H groups in total. The van der Waals surface area contributed by atoms with Gasteiger partial charge in [-0.1, -0.05) is 11.6 Å². The highest BCUT2D eigenvalue weighted by molar-refractivity contribution is 6.32. The first kappa shape index (κ1) is 13.0. The van der Waals surface area contributed by atoms with Crippen molar-refractivity contribution in [2.24, 2.45) is 0 Å². The number of carbonyl (C=O) groups excluding carboxylic acids is 1. The van der Waals surface area contributed by atoms with Gasteiger partial charge < -0.3 is 14.5 Å². The third-order valence-electron chi connectivity index (χ3n) is 3.12. The second kappa shape index (κ2) is 5.02. The molecule has 0 radical (unpaired) electrons. The van der Waals surface area contributed by atoms with Crippen LogP contribution in [-0.4, -0.2) is 17.9 Å². The SMILES string of the molecule is COc1cc2c(CCC(C)=O)c(C)[nH]c2cc1Cl. The van der Waals surface area contributed by atoms with E-state index in [1.54, 1.807) is 14.0 Å². The summed E-state index contributed by atoms with van der Waals surface area (Å²) in [5, 5.41) is 1.67. The van der Waals surface area contributed by atoms with E-state index in [0.29, 0.717) is 17.2 Å². The minimum atomic E-state index is 0.199. The van der Waals surface area contributed by atoms with Crippen LogP contribution in [0, 0.1) is 6.92 Å². The van der Waals surface area contributed by atoms with Crippen molar-refractivity contribution in [1.82, 2.24) is 4.98 Å². The molecule has 3 nitrogen and oxygen atoms in total. The topological polar surface area (TPSA) is 42.1 Å². The number of aromatic nitrogens is 1. The molecule has 2 aromatic rings. The highest BCUT2D eigenvalue weighted by atomic mass is 35.5. The van der Waals surface area contributed by atoms with Crippen molar-refractivity contribution in [3.8, 4) is 5.75 Å². The normalized spacial score (nSPS) is 10.9. The number of hydrogen-bond acceptors (Lipinski definition) is 2. The number of methoxy groups -OCH3 is 1. The zero-order chi connectivity index (χ0) is 13.3. The van der Waals surface area contributed by atoms with Gasteiger partial charge in [-0.3, -0.25) is 0 Å². The van der Waals surface area contributed by atoms with E-state index in [4.69, 9.17) is 16.3 Å². The Morgan fingerprint density at radius 3 is 2.78 bits per heavy atom. The summed E-state index contributed by atoms with van der Waals surface area (Å²) in [7, 11) is 1.60. The molecule has 2 rings (SSSR count). The fraction of sp³-hybridized carbons (Fsp3) is 0.357. The van der Waals surface area contributed by atoms with Crippen LogP contribution in [0.2, 0.25) is 5.02 Å². The van der Waals surface area contributed by atoms with Crippen molar-refractivity contribution >= 4 is 28.3 Å². The Morgan fingerprint density at radius 2 is 2.17 bits per heavy atom. The monoisotopic (exact) mass is 265 g/mol. The van der Waals surface area contributed by atoms with Gasteiger partial charge in [-0.25, -0.2) is 0 Å². The fourth-order valence-corrected chi connectivity index (χ4v) is 2.41. The van der Waals surface area contributed by atoms with Crippen molar-refractivity contribution in [2.45, 2.75) is 26.7 Å². The second-order valence-corrected chi connectivity index (χ2v) is 4.87. The third kappa shape index (κ3) is 2.36. The number of ether oxygens (including phenoxy) is 1. The number of H-pyrrole nitrogens is 1. The van der Waals surface area contributed by atoms with Crippen LogP contribution in [0.25, 0.3) is 10.9 Å². The molecule has 0 spiro atoms. The first-order valence-electron chi connectivity index (χ1n) is 5.87. The largest absolute Gasteiger partial charge is 0.495 e. The molecule has 18 heavy (non-hydrogen) atoms. The fourth-order valence-electron chi connectivity index (χ4n) is 2.17. The van der Waals surface area contributed by atoms with Gasteiger partial charge in [-0.05, 0) is 38.0 Å². The number of fused-ring (bicyclic) bond motifs is 1. The van der Waals surface area contributed by atoms with Gasteiger partial charge in [0.25, 0.3) is 0 Å². The van der Waals surface area contributed by atoms with E-state index in [0.717, 1.165) is 28.6 Å². The Kier molecular flexibility index (Phi) is 3.62. The van der Waals surface area contributed by atoms with Crippen molar-refractivity contribution in [3.63, 3.8) is 0 Å². The number of aromatic amines is 1. The molecule has 0 fully saturated rings. The van der Waals surface area contributed by atoms with Crippen LogP contribution in [0.1, 0.15) is 24.6 Å². The molecule has 4 heteroatoms. The number of rotatable bonds is 4. The van der Waals surface area contributed by atoms with E-state index in [2.05, 4.69) is 4.98 Å². The molecule has 1 aromatic heterocycles. The Bertz CT molecular complexity index is 601. The second-order valence-electron chi connectivity index (χ2n) is 4.46. The van der Waals surface area contributed by atoms with Crippen LogP contribution >= 0.6 is 11.6 Å². The van der Waals surface area contributed by atoms with Crippen LogP contribution in [0.4, 0.5) is 0 Å². The Hall–Kier alpha value is -1.48. The Balaban J connectivity index is 2.51. The molecule has 96 valence electrons. The molecule has 0 aliphatic rings. The average Bonchev–Trinajstić information content (AvgIpc) is 2.60. The van der Waals surface area contributed by atoms with E-state index in [1.807, 2.05) is 19.1 Å². The molecule has 0 saturated heterocycles. The number of halogens is 1. The van der Waals surface area contributed by atoms with Crippen LogP contribution in [-0.2, 0) is 11.2 Å². The highest BCUT2D eigenvalue weighted by Gasteiger charge is 2.12. The molecule has 0 saturated carbocycles. The minimum Gasteiger partial charge on any atom is -0.495 e. The highest BCUT2D eigenvalue weighted by Crippen LogP contribution is 2.33. The number of carbonyl (C=O) groups is 1. The van der Waals surface area contributed by atoms with E-state index < -0.39 is 0 Å². The predicted molar refractivity (Wildman–Crippen MR) is 73.6 cm³/mol. The summed E-state index contributed by atoms with van der Waals surface area (Å²) >= 11 is 6.09. The van der Waals surface area contributed by atoms with Gasteiger partial charge in [0.1, 0.15) is 11.5 Å². The summed E-state index contributed by atoms with van der Waals surface area (Å²) in [5.41, 5.74) is 3.22. The average molecular weight is 266 g/mol. The number of nitrogens with one attached hydrogen (secondary N) is 1. The number of benzene rings is 1. The van der Waals surface area contributed by atoms with Crippen molar-refractivity contribution in [3.05, 3.63) is 28.4 Å². The standard InChI is InChI=1S/C14H16ClNO2/c1-8(17)4-5-10-9(2)16-13-7-12(15)14(18-3)6-11(10)13/h6-7,16H,4-5H2,1-3H3. The lowest BCUT2D eigenvalue weighted by Crippen LogP contribution is -1.95. The summed E-state index contributed by atoms with van der Waals surface area (Å²) < 4.78 is 5.23. The molecule has 0 atom stereocenters. The Labute approximate surface area is 111 Å². The van der Waals surface area contributed by atoms with Gasteiger partial charge in [-0.2, -0.15) is 0 Å². The minimum absolute atomic E-state index is 0.199. The lowest BCUT2D eigenvalue weighted by molar-refractivity contribution is -0.116. The summed E-state index contributed by atoms with van der Waals surface area (Å²) in [5.74, 6) is 0.858. The molecule has 1 heterocycles. The zero-order valence-electron chi connectivity index (χ0n) is 10.8. The first-order valence-corrected chi connectivity index (χ1v) is 6.25. The van der Waals surface area contributed by atoms with Gasteiger partial charge in [-0.15, -0.1) is 0 Å². The molecular weight excluding hydrogens is 250 g/mol. The van der Waals surface area contributed by atoms with E-state index in [-0.39, 0.29) is 5.78 Å². The van der Waals surface area contributed by atoms with Crippen molar-refractivity contribution in [2.75, 3.05) is 7.11 Å². The molecule has 0 unspecified atom stereocenters. The van der Waals surface area contributed by atoms with Crippen LogP contribution < -0.4 is 4.74 Å². The van der Waals surface area contributed by atoms with Gasteiger partial charge in [0.15, 0.2) is 0 Å². The summed E-state index contributed by atoms with van der Waals surface area (Å²) in [6, 6.07) is 3.79. The lowest BCUT2D eigenvalue weighted by atomic mass is 10.0. The molecule has 0 aliphatic carbocycles. The van der Waals surface area contributed by atoms with Gasteiger partial charge >= 0.3 is 0 Å². The molecule has 0 amide bonds. The third-order valence-corrected chi connectivity index (χ3v) is 3.41. The van der Waals surface area contributed by atoms with Crippen LogP contribution in [0.5, 0.6) is 5.75 Å². The van der Waals surface area contributed by atoms with E-state index >= 15 is 0 Å². The number of Topliss-reactive ketones (excluding diaryl/α,β-unsaturated/α-hetero) is 1. The number of ketones is 1. The molecule has 1 aromatic carbocycles. The quantitative estimate of drug-likeness (QED) is 0.917. The maximum atomic E-state index is 11.1.